The molecule has 0 unspecified atom stereocenters. The van der Waals surface area contributed by atoms with Crippen molar-refractivity contribution in [3.63, 3.8) is 0 Å². The molecule has 6 heteroatoms. The van der Waals surface area contributed by atoms with Gasteiger partial charge in [0.25, 0.3) is 0 Å². The van der Waals surface area contributed by atoms with E-state index in [0.29, 0.717) is 29.5 Å². The molecular weight excluding hydrogens is 392 g/mol. The topological polar surface area (TPSA) is 68.8 Å². The van der Waals surface area contributed by atoms with Crippen LogP contribution in [-0.2, 0) is 11.2 Å². The Morgan fingerprint density at radius 2 is 1.61 bits per heavy atom. The Bertz CT molecular complexity index is 992. The van der Waals surface area contributed by atoms with Crippen molar-refractivity contribution in [3.05, 3.63) is 83.9 Å². The van der Waals surface area contributed by atoms with Crippen LogP contribution in [0, 0.1) is 0 Å². The van der Waals surface area contributed by atoms with Crippen molar-refractivity contribution in [3.8, 4) is 17.2 Å². The molecule has 0 bridgehead atoms. The Morgan fingerprint density at radius 3 is 2.32 bits per heavy atom. The minimum atomic E-state index is -0.493. The summed E-state index contributed by atoms with van der Waals surface area (Å²) in [6, 6.07) is 22.3. The van der Waals surface area contributed by atoms with E-state index in [9.17, 15) is 4.79 Å². The highest BCUT2D eigenvalue weighted by molar-refractivity contribution is 5.95. The average Bonchev–Trinajstić information content (AvgIpc) is 2.82. The van der Waals surface area contributed by atoms with Gasteiger partial charge in [0.15, 0.2) is 11.5 Å². The van der Waals surface area contributed by atoms with E-state index in [4.69, 9.17) is 14.2 Å². The summed E-state index contributed by atoms with van der Waals surface area (Å²) in [6.45, 7) is 0.612. The largest absolute Gasteiger partial charge is 0.497 e. The maximum Gasteiger partial charge on any atom is 0.246 e. The van der Waals surface area contributed by atoms with E-state index in [1.807, 2.05) is 66.7 Å². The fourth-order valence-corrected chi connectivity index (χ4v) is 3.32. The standard InChI is InChI=1S/C25H28N2O4/c1-29-21-11-7-10-20(17-21)27-25(28)24(19-8-5-4-6-9-19)26-15-14-18-12-13-22(30-2)23(16-18)31-3/h4-13,16-17,24,26H,14-15H2,1-3H3,(H,27,28)/t24-/m1/s1. The summed E-state index contributed by atoms with van der Waals surface area (Å²) in [6.07, 6.45) is 0.732. The number of carbonyl (C=O) groups is 1. The number of methoxy groups -OCH3 is 3. The molecule has 0 aromatic heterocycles. The minimum absolute atomic E-state index is 0.133. The van der Waals surface area contributed by atoms with Gasteiger partial charge in [-0.2, -0.15) is 0 Å². The van der Waals surface area contributed by atoms with Crippen LogP contribution in [0.4, 0.5) is 5.69 Å². The zero-order chi connectivity index (χ0) is 22.1. The van der Waals surface area contributed by atoms with E-state index in [-0.39, 0.29) is 5.91 Å². The molecule has 1 amide bonds. The van der Waals surface area contributed by atoms with Crippen molar-refractivity contribution in [1.29, 1.82) is 0 Å². The number of anilines is 1. The molecule has 0 fully saturated rings. The van der Waals surface area contributed by atoms with Gasteiger partial charge in [-0.25, -0.2) is 0 Å². The smallest absolute Gasteiger partial charge is 0.246 e. The predicted molar refractivity (Wildman–Crippen MR) is 122 cm³/mol. The third-order valence-electron chi connectivity index (χ3n) is 4.94. The van der Waals surface area contributed by atoms with Gasteiger partial charge in [-0.05, 0) is 41.8 Å². The van der Waals surface area contributed by atoms with Crippen LogP contribution in [0.3, 0.4) is 0 Å². The van der Waals surface area contributed by atoms with E-state index < -0.39 is 6.04 Å². The monoisotopic (exact) mass is 420 g/mol. The fourth-order valence-electron chi connectivity index (χ4n) is 3.32. The number of amides is 1. The SMILES string of the molecule is COc1cccc(NC(=O)[C@H](NCCc2ccc(OC)c(OC)c2)c2ccccc2)c1. The molecule has 0 aliphatic carbocycles. The minimum Gasteiger partial charge on any atom is -0.497 e. The van der Waals surface area contributed by atoms with Gasteiger partial charge in [-0.15, -0.1) is 0 Å². The molecular formula is C25H28N2O4. The molecule has 2 N–H and O–H groups in total. The van der Waals surface area contributed by atoms with Crippen LogP contribution >= 0.6 is 0 Å². The summed E-state index contributed by atoms with van der Waals surface area (Å²) >= 11 is 0. The number of hydrogen-bond acceptors (Lipinski definition) is 5. The molecule has 0 saturated heterocycles. The van der Waals surface area contributed by atoms with Crippen molar-refractivity contribution in [2.75, 3.05) is 33.2 Å². The molecule has 1 atom stereocenters. The van der Waals surface area contributed by atoms with Crippen LogP contribution in [0.5, 0.6) is 17.2 Å². The quantitative estimate of drug-likeness (QED) is 0.514. The zero-order valence-electron chi connectivity index (χ0n) is 18.1. The molecule has 0 spiro atoms. The predicted octanol–water partition coefficient (Wildman–Crippen LogP) is 4.22. The highest BCUT2D eigenvalue weighted by atomic mass is 16.5. The third-order valence-corrected chi connectivity index (χ3v) is 4.94. The molecule has 3 rings (SSSR count). The molecule has 0 aliphatic heterocycles. The van der Waals surface area contributed by atoms with E-state index in [1.165, 1.54) is 0 Å². The van der Waals surface area contributed by atoms with Gasteiger partial charge in [-0.1, -0.05) is 42.5 Å². The average molecular weight is 421 g/mol. The molecule has 162 valence electrons. The number of benzene rings is 3. The van der Waals surface area contributed by atoms with Crippen LogP contribution in [0.1, 0.15) is 17.2 Å². The highest BCUT2D eigenvalue weighted by Crippen LogP contribution is 2.27. The normalized spacial score (nSPS) is 11.5. The summed E-state index contributed by atoms with van der Waals surface area (Å²) in [5.41, 5.74) is 2.67. The lowest BCUT2D eigenvalue weighted by molar-refractivity contribution is -0.118. The summed E-state index contributed by atoms with van der Waals surface area (Å²) < 4.78 is 15.9. The molecule has 0 radical (unpaired) electrons. The first kappa shape index (κ1) is 22.2. The van der Waals surface area contributed by atoms with Crippen LogP contribution in [0.2, 0.25) is 0 Å². The third kappa shape index (κ3) is 5.99. The second-order valence-corrected chi connectivity index (χ2v) is 6.96. The Kier molecular flexibility index (Phi) is 7.90. The van der Waals surface area contributed by atoms with Gasteiger partial charge in [0.2, 0.25) is 5.91 Å². The van der Waals surface area contributed by atoms with Gasteiger partial charge in [0.1, 0.15) is 11.8 Å². The first-order chi connectivity index (χ1) is 15.1. The lowest BCUT2D eigenvalue weighted by atomic mass is 10.0. The molecule has 0 saturated carbocycles. The van der Waals surface area contributed by atoms with E-state index in [1.54, 1.807) is 27.4 Å². The highest BCUT2D eigenvalue weighted by Gasteiger charge is 2.20. The number of ether oxygens (including phenoxy) is 3. The first-order valence-corrected chi connectivity index (χ1v) is 10.1. The van der Waals surface area contributed by atoms with E-state index >= 15 is 0 Å². The van der Waals surface area contributed by atoms with E-state index in [0.717, 1.165) is 17.5 Å². The Morgan fingerprint density at radius 1 is 0.839 bits per heavy atom. The molecule has 6 nitrogen and oxygen atoms in total. The van der Waals surface area contributed by atoms with E-state index in [2.05, 4.69) is 10.6 Å². The number of nitrogens with one attached hydrogen (secondary N) is 2. The van der Waals surface area contributed by atoms with Crippen molar-refractivity contribution < 1.29 is 19.0 Å². The lowest BCUT2D eigenvalue weighted by Gasteiger charge is -2.19. The van der Waals surface area contributed by atoms with Gasteiger partial charge in [-0.3, -0.25) is 4.79 Å². The second kappa shape index (κ2) is 11.0. The van der Waals surface area contributed by atoms with Crippen molar-refractivity contribution in [2.24, 2.45) is 0 Å². The van der Waals surface area contributed by atoms with Gasteiger partial charge >= 0.3 is 0 Å². The molecule has 3 aromatic rings. The Hall–Kier alpha value is -3.51. The number of hydrogen-bond donors (Lipinski definition) is 2. The summed E-state index contributed by atoms with van der Waals surface area (Å²) in [5.74, 6) is 1.94. The molecule has 0 aliphatic rings. The number of rotatable bonds is 10. The fraction of sp³-hybridized carbons (Fsp3) is 0.240. The number of carbonyl (C=O) groups excluding carboxylic acids is 1. The van der Waals surface area contributed by atoms with Gasteiger partial charge in [0.05, 0.1) is 21.3 Å². The maximum atomic E-state index is 13.1. The lowest BCUT2D eigenvalue weighted by Crippen LogP contribution is -2.34. The van der Waals surface area contributed by atoms with Crippen molar-refractivity contribution >= 4 is 11.6 Å². The van der Waals surface area contributed by atoms with Gasteiger partial charge in [0, 0.05) is 18.3 Å². The van der Waals surface area contributed by atoms with Crippen LogP contribution in [0.15, 0.2) is 72.8 Å². The molecule has 3 aromatic carbocycles. The van der Waals surface area contributed by atoms with Crippen LogP contribution < -0.4 is 24.8 Å². The Labute approximate surface area is 183 Å². The first-order valence-electron chi connectivity index (χ1n) is 10.1. The summed E-state index contributed by atoms with van der Waals surface area (Å²) in [7, 11) is 4.84. The summed E-state index contributed by atoms with van der Waals surface area (Å²) in [4.78, 5) is 13.1. The van der Waals surface area contributed by atoms with Crippen LogP contribution in [-0.4, -0.2) is 33.8 Å². The Balaban J connectivity index is 1.70. The zero-order valence-corrected chi connectivity index (χ0v) is 18.1. The maximum absolute atomic E-state index is 13.1. The second-order valence-electron chi connectivity index (χ2n) is 6.96. The molecule has 31 heavy (non-hydrogen) atoms. The van der Waals surface area contributed by atoms with Crippen LogP contribution in [0.25, 0.3) is 0 Å². The summed E-state index contributed by atoms with van der Waals surface area (Å²) in [5, 5.41) is 6.36. The van der Waals surface area contributed by atoms with Gasteiger partial charge < -0.3 is 24.8 Å². The van der Waals surface area contributed by atoms with Crippen molar-refractivity contribution in [2.45, 2.75) is 12.5 Å². The molecule has 0 heterocycles. The van der Waals surface area contributed by atoms with Crippen molar-refractivity contribution in [1.82, 2.24) is 5.32 Å².